The summed E-state index contributed by atoms with van der Waals surface area (Å²) in [4.78, 5) is 24.2. The van der Waals surface area contributed by atoms with Crippen LogP contribution in [-0.4, -0.2) is 17.5 Å². The minimum absolute atomic E-state index is 0.0970. The number of ketones is 1. The van der Waals surface area contributed by atoms with Crippen LogP contribution in [-0.2, 0) is 23.5 Å². The third-order valence-corrected chi connectivity index (χ3v) is 4.04. The normalized spacial score (nSPS) is 14.2. The molecule has 0 saturated carbocycles. The summed E-state index contributed by atoms with van der Waals surface area (Å²) in [7, 11) is 0. The number of benzene rings is 2. The standard InChI is InChI=1S/C19H15F6NO3/c1-17(29-16(26)28,10-11-5-3-2-4-6-11)15(27)12-7-13(18(20,21)22)9-14(8-12)19(23,24)25/h2-9H,10H2,1H3,(H2,26,28)/t17-/m0/s1. The zero-order valence-electron chi connectivity index (χ0n) is 14.9. The quantitative estimate of drug-likeness (QED) is 0.548. The van der Waals surface area contributed by atoms with Gasteiger partial charge in [-0.05, 0) is 30.7 Å². The van der Waals surface area contributed by atoms with E-state index in [0.29, 0.717) is 5.56 Å². The van der Waals surface area contributed by atoms with Crippen LogP contribution in [0.15, 0.2) is 48.5 Å². The summed E-state index contributed by atoms with van der Waals surface area (Å²) < 4.78 is 83.2. The average molecular weight is 419 g/mol. The molecule has 10 heteroatoms. The topological polar surface area (TPSA) is 69.4 Å². The van der Waals surface area contributed by atoms with Crippen LogP contribution >= 0.6 is 0 Å². The van der Waals surface area contributed by atoms with Crippen LogP contribution in [0.1, 0.15) is 34.0 Å². The van der Waals surface area contributed by atoms with Crippen molar-refractivity contribution >= 4 is 11.9 Å². The Bertz CT molecular complexity index is 876. The molecule has 0 aliphatic rings. The fourth-order valence-electron chi connectivity index (χ4n) is 2.76. The van der Waals surface area contributed by atoms with Crippen molar-refractivity contribution in [2.45, 2.75) is 31.3 Å². The van der Waals surface area contributed by atoms with Gasteiger partial charge in [0, 0.05) is 12.0 Å². The van der Waals surface area contributed by atoms with E-state index in [9.17, 15) is 35.9 Å². The molecule has 0 aliphatic carbocycles. The maximum Gasteiger partial charge on any atom is 0.416 e. The monoisotopic (exact) mass is 419 g/mol. The van der Waals surface area contributed by atoms with E-state index in [1.807, 2.05) is 0 Å². The van der Waals surface area contributed by atoms with Gasteiger partial charge in [0.25, 0.3) is 0 Å². The van der Waals surface area contributed by atoms with Crippen LogP contribution < -0.4 is 5.73 Å². The van der Waals surface area contributed by atoms with Gasteiger partial charge in [0.1, 0.15) is 0 Å². The lowest BCUT2D eigenvalue weighted by Crippen LogP contribution is -2.44. The third-order valence-electron chi connectivity index (χ3n) is 4.04. The van der Waals surface area contributed by atoms with Gasteiger partial charge in [-0.1, -0.05) is 30.3 Å². The molecule has 2 N–H and O–H groups in total. The molecule has 1 amide bonds. The minimum Gasteiger partial charge on any atom is -0.435 e. The second kappa shape index (κ2) is 7.76. The number of alkyl halides is 6. The van der Waals surface area contributed by atoms with E-state index in [1.165, 1.54) is 0 Å². The SMILES string of the molecule is C[C@@](Cc1ccccc1)(OC(N)=O)C(=O)c1cc(C(F)(F)F)cc(C(F)(F)F)c1. The Hall–Kier alpha value is -3.04. The summed E-state index contributed by atoms with van der Waals surface area (Å²) in [6.45, 7) is 1.07. The van der Waals surface area contributed by atoms with Gasteiger partial charge in [-0.15, -0.1) is 0 Å². The lowest BCUT2D eigenvalue weighted by Gasteiger charge is -2.28. The number of hydrogen-bond acceptors (Lipinski definition) is 3. The van der Waals surface area contributed by atoms with Crippen LogP contribution in [0.4, 0.5) is 31.1 Å². The molecule has 0 spiro atoms. The Balaban J connectivity index is 2.59. The van der Waals surface area contributed by atoms with Crippen molar-refractivity contribution in [2.75, 3.05) is 0 Å². The molecule has 0 unspecified atom stereocenters. The first-order valence-corrected chi connectivity index (χ1v) is 8.09. The summed E-state index contributed by atoms with van der Waals surface area (Å²) in [5, 5.41) is 0. The Morgan fingerprint density at radius 1 is 0.897 bits per heavy atom. The predicted molar refractivity (Wildman–Crippen MR) is 90.0 cm³/mol. The fourth-order valence-corrected chi connectivity index (χ4v) is 2.76. The summed E-state index contributed by atoms with van der Waals surface area (Å²) in [6.07, 6.45) is -12.0. The molecule has 0 radical (unpaired) electrons. The van der Waals surface area contributed by atoms with Crippen LogP contribution in [0, 0.1) is 0 Å². The van der Waals surface area contributed by atoms with Crippen molar-refractivity contribution < 1.29 is 40.7 Å². The number of nitrogens with two attached hydrogens (primary N) is 1. The number of primary amides is 1. The van der Waals surface area contributed by atoms with Crippen molar-refractivity contribution in [3.05, 3.63) is 70.8 Å². The average Bonchev–Trinajstić information content (AvgIpc) is 2.59. The summed E-state index contributed by atoms with van der Waals surface area (Å²) in [5.74, 6) is -1.25. The number of amides is 1. The Kier molecular flexibility index (Phi) is 5.96. The first-order valence-electron chi connectivity index (χ1n) is 8.09. The van der Waals surface area contributed by atoms with E-state index in [1.54, 1.807) is 30.3 Å². The molecule has 2 aromatic rings. The highest BCUT2D eigenvalue weighted by Crippen LogP contribution is 2.37. The van der Waals surface area contributed by atoms with E-state index in [-0.39, 0.29) is 24.6 Å². The molecule has 0 aliphatic heterocycles. The molecule has 0 fully saturated rings. The number of carbonyl (C=O) groups is 2. The smallest absolute Gasteiger partial charge is 0.416 e. The Morgan fingerprint density at radius 3 is 1.79 bits per heavy atom. The van der Waals surface area contributed by atoms with Crippen molar-refractivity contribution in [3.8, 4) is 0 Å². The first-order chi connectivity index (χ1) is 13.2. The van der Waals surface area contributed by atoms with Gasteiger partial charge < -0.3 is 10.5 Å². The van der Waals surface area contributed by atoms with E-state index < -0.39 is 46.5 Å². The fraction of sp³-hybridized carbons (Fsp3) is 0.263. The third kappa shape index (κ3) is 5.49. The number of hydrogen-bond donors (Lipinski definition) is 1. The maximum absolute atomic E-state index is 13.1. The second-order valence-corrected chi connectivity index (χ2v) is 6.44. The lowest BCUT2D eigenvalue weighted by atomic mass is 9.87. The molecule has 2 aromatic carbocycles. The van der Waals surface area contributed by atoms with Gasteiger partial charge in [-0.2, -0.15) is 26.3 Å². The van der Waals surface area contributed by atoms with Gasteiger partial charge in [-0.3, -0.25) is 4.79 Å². The van der Waals surface area contributed by atoms with Crippen molar-refractivity contribution in [3.63, 3.8) is 0 Å². The van der Waals surface area contributed by atoms with Gasteiger partial charge in [0.15, 0.2) is 5.60 Å². The Morgan fingerprint density at radius 2 is 1.38 bits per heavy atom. The molecule has 0 saturated heterocycles. The zero-order chi connectivity index (χ0) is 22.0. The number of ether oxygens (including phenoxy) is 1. The molecule has 0 bridgehead atoms. The predicted octanol–water partition coefficient (Wildman–Crippen LogP) is 5.00. The summed E-state index contributed by atoms with van der Waals surface area (Å²) in [6, 6.07) is 8.40. The second-order valence-electron chi connectivity index (χ2n) is 6.44. The van der Waals surface area contributed by atoms with Gasteiger partial charge in [0.05, 0.1) is 11.1 Å². The number of carbonyl (C=O) groups excluding carboxylic acids is 2. The van der Waals surface area contributed by atoms with Crippen LogP contribution in [0.2, 0.25) is 0 Å². The molecular weight excluding hydrogens is 404 g/mol. The molecule has 2 rings (SSSR count). The van der Waals surface area contributed by atoms with E-state index >= 15 is 0 Å². The highest BCUT2D eigenvalue weighted by Gasteiger charge is 2.42. The molecule has 0 aromatic heterocycles. The van der Waals surface area contributed by atoms with E-state index in [0.717, 1.165) is 6.92 Å². The van der Waals surface area contributed by atoms with Crippen LogP contribution in [0.5, 0.6) is 0 Å². The molecule has 156 valence electrons. The van der Waals surface area contributed by atoms with Crippen molar-refractivity contribution in [1.29, 1.82) is 0 Å². The summed E-state index contributed by atoms with van der Waals surface area (Å²) >= 11 is 0. The maximum atomic E-state index is 13.1. The minimum atomic E-state index is -5.13. The largest absolute Gasteiger partial charge is 0.435 e. The van der Waals surface area contributed by atoms with Crippen molar-refractivity contribution in [2.24, 2.45) is 5.73 Å². The van der Waals surface area contributed by atoms with Gasteiger partial charge in [-0.25, -0.2) is 4.79 Å². The molecule has 4 nitrogen and oxygen atoms in total. The number of Topliss-reactive ketones (excluding diaryl/α,β-unsaturated/α-hetero) is 1. The first kappa shape index (κ1) is 22.3. The van der Waals surface area contributed by atoms with E-state index in [4.69, 9.17) is 10.5 Å². The number of rotatable bonds is 5. The highest BCUT2D eigenvalue weighted by molar-refractivity contribution is 6.03. The van der Waals surface area contributed by atoms with Gasteiger partial charge >= 0.3 is 18.4 Å². The van der Waals surface area contributed by atoms with Crippen LogP contribution in [0.3, 0.4) is 0 Å². The van der Waals surface area contributed by atoms with E-state index in [2.05, 4.69) is 0 Å². The van der Waals surface area contributed by atoms with Gasteiger partial charge in [0.2, 0.25) is 5.78 Å². The molecular formula is C19H15F6NO3. The molecule has 29 heavy (non-hydrogen) atoms. The summed E-state index contributed by atoms with van der Waals surface area (Å²) in [5.41, 5.74) is -0.922. The Labute approximate surface area is 161 Å². The molecule has 1 atom stereocenters. The van der Waals surface area contributed by atoms with Crippen LogP contribution in [0.25, 0.3) is 0 Å². The lowest BCUT2D eigenvalue weighted by molar-refractivity contribution is -0.143. The number of halogens is 6. The van der Waals surface area contributed by atoms with Crippen molar-refractivity contribution in [1.82, 2.24) is 0 Å². The molecule has 0 heterocycles. The zero-order valence-corrected chi connectivity index (χ0v) is 14.9. The highest BCUT2D eigenvalue weighted by atomic mass is 19.4.